The van der Waals surface area contributed by atoms with Gasteiger partial charge in [-0.15, -0.1) is 11.3 Å². The van der Waals surface area contributed by atoms with Crippen LogP contribution < -0.4 is 14.2 Å². The first-order valence-electron chi connectivity index (χ1n) is 22.0. The van der Waals surface area contributed by atoms with E-state index in [-0.39, 0.29) is 55.9 Å². The zero-order valence-corrected chi connectivity index (χ0v) is 39.6. The number of fused-ring (bicyclic) bond motifs is 3. The molecule has 344 valence electrons. The fraction of sp³-hybridized carbons (Fsp3) is 0.532. The van der Waals surface area contributed by atoms with Crippen LogP contribution in [-0.4, -0.2) is 101 Å². The second-order valence-electron chi connectivity index (χ2n) is 18.7. The molecule has 1 aliphatic carbocycles. The third kappa shape index (κ3) is 10.2. The number of thiazole rings is 1. The van der Waals surface area contributed by atoms with Gasteiger partial charge in [0.25, 0.3) is 6.01 Å². The molecule has 0 bridgehead atoms. The predicted molar refractivity (Wildman–Crippen MR) is 245 cm³/mol. The van der Waals surface area contributed by atoms with Crippen LogP contribution in [0, 0.1) is 17.3 Å². The molecule has 0 spiro atoms. The Morgan fingerprint density at radius 1 is 1.06 bits per heavy atom. The highest BCUT2D eigenvalue weighted by Gasteiger charge is 2.61. The highest BCUT2D eigenvalue weighted by Crippen LogP contribution is 2.57. The Balaban J connectivity index is 1.23. The summed E-state index contributed by atoms with van der Waals surface area (Å²) in [5.74, 6) is -2.39. The standard InChI is InChI=1S/C47H60N6O9S2/c1-29(2)53-37-21-15-20-35(42-48-36(28-63-42)30-17-14-19-33(22-30)60-8)41(37)49-45(53)61-34-24-38-39(54)26-47(44(57)50-64(58,59)51(6)7)25-32(47)18-13-11-9-10-12-16-31(43(56)52(38)27-34)23-40(55)62-46(3,4)5/h13-15,17-22,28-29,31-32,34,38H,9-12,16,23-27H2,1-8H3,(H,50,57)/b18-13-/t31-,32-,34-,38+,47-/m1/s1. The van der Waals surface area contributed by atoms with E-state index in [1.165, 1.54) is 30.3 Å². The first kappa shape index (κ1) is 46.9. The summed E-state index contributed by atoms with van der Waals surface area (Å²) in [5.41, 5.74) is 1.98. The lowest BCUT2D eigenvalue weighted by atomic mass is 9.90. The fourth-order valence-electron chi connectivity index (χ4n) is 8.83. The molecule has 2 fully saturated rings. The van der Waals surface area contributed by atoms with Gasteiger partial charge < -0.3 is 19.1 Å². The van der Waals surface area contributed by atoms with Gasteiger partial charge in [0.15, 0.2) is 5.78 Å². The smallest absolute Gasteiger partial charge is 0.307 e. The third-order valence-electron chi connectivity index (χ3n) is 12.2. The first-order valence-corrected chi connectivity index (χ1v) is 24.4. The van der Waals surface area contributed by atoms with E-state index < -0.39 is 51.2 Å². The minimum Gasteiger partial charge on any atom is -0.497 e. The molecule has 4 aromatic rings. The summed E-state index contributed by atoms with van der Waals surface area (Å²) in [5, 5.41) is 2.77. The number of carbonyl (C=O) groups excluding carboxylic acids is 4. The number of hydrogen-bond acceptors (Lipinski definition) is 12. The van der Waals surface area contributed by atoms with Crippen LogP contribution in [0.2, 0.25) is 0 Å². The second-order valence-corrected chi connectivity index (χ2v) is 21.4. The van der Waals surface area contributed by atoms with E-state index in [1.54, 1.807) is 27.9 Å². The van der Waals surface area contributed by atoms with E-state index in [2.05, 4.69) is 4.72 Å². The molecule has 0 unspecified atom stereocenters. The molecule has 5 atom stereocenters. The number of benzene rings is 2. The molecule has 2 aromatic carbocycles. The van der Waals surface area contributed by atoms with Crippen molar-refractivity contribution < 1.29 is 41.8 Å². The van der Waals surface area contributed by atoms with Crippen molar-refractivity contribution in [3.05, 3.63) is 60.0 Å². The molecule has 2 aliphatic heterocycles. The average molecular weight is 917 g/mol. The summed E-state index contributed by atoms with van der Waals surface area (Å²) in [4.78, 5) is 68.4. The van der Waals surface area contributed by atoms with Crippen LogP contribution in [-0.2, 0) is 34.1 Å². The van der Waals surface area contributed by atoms with Gasteiger partial charge in [-0.3, -0.25) is 23.7 Å². The summed E-state index contributed by atoms with van der Waals surface area (Å²) in [6, 6.07) is 12.8. The van der Waals surface area contributed by atoms with E-state index in [0.717, 1.165) is 50.2 Å². The molecule has 1 N–H and O–H groups in total. The van der Waals surface area contributed by atoms with Crippen molar-refractivity contribution in [1.29, 1.82) is 0 Å². The molecule has 2 aromatic heterocycles. The van der Waals surface area contributed by atoms with Crippen molar-refractivity contribution in [3.63, 3.8) is 0 Å². The van der Waals surface area contributed by atoms with Gasteiger partial charge >= 0.3 is 16.2 Å². The van der Waals surface area contributed by atoms with Crippen molar-refractivity contribution in [3.8, 4) is 33.6 Å². The Morgan fingerprint density at radius 3 is 2.55 bits per heavy atom. The lowest BCUT2D eigenvalue weighted by Gasteiger charge is -2.29. The summed E-state index contributed by atoms with van der Waals surface area (Å²) in [6.45, 7) is 9.41. The van der Waals surface area contributed by atoms with Crippen LogP contribution in [0.15, 0.2) is 60.0 Å². The van der Waals surface area contributed by atoms with Crippen molar-refractivity contribution >= 4 is 56.1 Å². The number of nitrogens with zero attached hydrogens (tertiary/aromatic N) is 5. The molecule has 64 heavy (non-hydrogen) atoms. The van der Waals surface area contributed by atoms with Gasteiger partial charge in [0.2, 0.25) is 11.8 Å². The number of aromatic nitrogens is 3. The fourth-order valence-corrected chi connectivity index (χ4v) is 10.3. The Kier molecular flexibility index (Phi) is 13.7. The Hall–Kier alpha value is -5.13. The normalized spacial score (nSPS) is 23.9. The quantitative estimate of drug-likeness (QED) is 0.116. The second kappa shape index (κ2) is 18.8. The molecule has 2 amide bonds. The lowest BCUT2D eigenvalue weighted by Crippen LogP contribution is -2.47. The topological polar surface area (TPSA) is 179 Å². The molecule has 1 saturated carbocycles. The van der Waals surface area contributed by atoms with Crippen LogP contribution in [0.5, 0.6) is 11.8 Å². The highest BCUT2D eigenvalue weighted by atomic mass is 32.2. The first-order chi connectivity index (χ1) is 30.3. The molecule has 17 heteroatoms. The van der Waals surface area contributed by atoms with Gasteiger partial charge in [0.1, 0.15) is 28.0 Å². The Morgan fingerprint density at radius 2 is 1.83 bits per heavy atom. The number of carbonyl (C=O) groups is 4. The molecule has 4 heterocycles. The summed E-state index contributed by atoms with van der Waals surface area (Å²) >= 11 is 1.50. The van der Waals surface area contributed by atoms with Crippen molar-refractivity contribution in [2.75, 3.05) is 27.7 Å². The van der Waals surface area contributed by atoms with Gasteiger partial charge in [-0.05, 0) is 90.5 Å². The molecule has 15 nitrogen and oxygen atoms in total. The molecular weight excluding hydrogens is 857 g/mol. The van der Waals surface area contributed by atoms with Gasteiger partial charge in [-0.1, -0.05) is 43.2 Å². The number of para-hydroxylation sites is 1. The predicted octanol–water partition coefficient (Wildman–Crippen LogP) is 7.52. The number of ether oxygens (including phenoxy) is 3. The Bertz CT molecular complexity index is 2540. The van der Waals surface area contributed by atoms with Gasteiger partial charge in [0.05, 0.1) is 42.7 Å². The third-order valence-corrected chi connectivity index (χ3v) is 14.5. The van der Waals surface area contributed by atoms with Crippen molar-refractivity contribution in [1.82, 2.24) is 28.5 Å². The lowest BCUT2D eigenvalue weighted by molar-refractivity contribution is -0.159. The zero-order chi connectivity index (χ0) is 46.1. The maximum Gasteiger partial charge on any atom is 0.307 e. The highest BCUT2D eigenvalue weighted by molar-refractivity contribution is 7.87. The maximum atomic E-state index is 14.8. The van der Waals surface area contributed by atoms with E-state index in [4.69, 9.17) is 24.2 Å². The van der Waals surface area contributed by atoms with E-state index in [1.807, 2.05) is 78.4 Å². The van der Waals surface area contributed by atoms with Gasteiger partial charge in [-0.2, -0.15) is 17.7 Å². The van der Waals surface area contributed by atoms with Crippen LogP contribution >= 0.6 is 11.3 Å². The number of rotatable bonds is 11. The van der Waals surface area contributed by atoms with Gasteiger partial charge in [-0.25, -0.2) is 9.71 Å². The monoisotopic (exact) mass is 916 g/mol. The summed E-state index contributed by atoms with van der Waals surface area (Å²) < 4.78 is 48.7. The molecule has 7 rings (SSSR count). The molecule has 1 saturated heterocycles. The van der Waals surface area contributed by atoms with Crippen LogP contribution in [0.3, 0.4) is 0 Å². The van der Waals surface area contributed by atoms with E-state index >= 15 is 0 Å². The number of allylic oxidation sites excluding steroid dienone is 2. The molecular formula is C47H60N6O9S2. The van der Waals surface area contributed by atoms with Crippen LogP contribution in [0.25, 0.3) is 32.9 Å². The number of Topliss-reactive ketones (excluding diaryl/α,β-unsaturated/α-hetero) is 1. The van der Waals surface area contributed by atoms with Crippen molar-refractivity contribution in [2.24, 2.45) is 17.3 Å². The summed E-state index contributed by atoms with van der Waals surface area (Å²) in [7, 11) is 0.123. The number of nitrogens with one attached hydrogen (secondary N) is 1. The minimum absolute atomic E-state index is 0.0299. The zero-order valence-electron chi connectivity index (χ0n) is 38.0. The average Bonchev–Trinajstić information content (AvgIpc) is 3.58. The number of esters is 1. The summed E-state index contributed by atoms with van der Waals surface area (Å²) in [6.07, 6.45) is 6.59. The van der Waals surface area contributed by atoms with Crippen LogP contribution in [0.1, 0.15) is 98.4 Å². The van der Waals surface area contributed by atoms with Crippen molar-refractivity contribution in [2.45, 2.75) is 116 Å². The molecule has 3 aliphatic rings. The van der Waals surface area contributed by atoms with Gasteiger partial charge in [0, 0.05) is 55.4 Å². The minimum atomic E-state index is -4.15. The number of imidazole rings is 1. The molecule has 0 radical (unpaired) electrons. The number of hydrogen-bond donors (Lipinski definition) is 1. The Labute approximate surface area is 379 Å². The van der Waals surface area contributed by atoms with Crippen LogP contribution in [0.4, 0.5) is 0 Å². The number of methoxy groups -OCH3 is 1. The number of ketones is 1. The number of amides is 2. The largest absolute Gasteiger partial charge is 0.497 e. The van der Waals surface area contributed by atoms with E-state index in [9.17, 15) is 27.6 Å². The SMILES string of the molecule is COc1cccc(-c2csc(-c3cccc4c3nc(O[C@@H]3C[C@H]5C(=O)C[C@]6(C(=O)NS(=O)(=O)N(C)C)C[C@H]6/C=C\CCCCC[C@H](CC(=O)OC(C)(C)C)C(=O)N5C3)n4C(C)C)n2)c1. The maximum absolute atomic E-state index is 14.8. The van der Waals surface area contributed by atoms with E-state index in [0.29, 0.717) is 30.8 Å².